The van der Waals surface area contributed by atoms with E-state index in [2.05, 4.69) is 161 Å². The van der Waals surface area contributed by atoms with Crippen molar-refractivity contribution in [2.45, 2.75) is 0 Å². The maximum absolute atomic E-state index is 6.41. The van der Waals surface area contributed by atoms with Crippen LogP contribution in [0.3, 0.4) is 0 Å². The summed E-state index contributed by atoms with van der Waals surface area (Å²) in [4.78, 5) is 7.24. The van der Waals surface area contributed by atoms with E-state index in [4.69, 9.17) is 13.8 Å². The number of rotatable bonds is 6. The first kappa shape index (κ1) is 30.3. The normalized spacial score (nSPS) is 11.7. The zero-order chi connectivity index (χ0) is 35.6. The van der Waals surface area contributed by atoms with Gasteiger partial charge in [0.25, 0.3) is 0 Å². The number of benzene rings is 8. The van der Waals surface area contributed by atoms with E-state index in [0.29, 0.717) is 5.89 Å². The zero-order valence-corrected chi connectivity index (χ0v) is 29.1. The molecule has 0 atom stereocenters. The Balaban J connectivity index is 1.15. The van der Waals surface area contributed by atoms with E-state index in [1.54, 1.807) is 0 Å². The molecule has 5 heteroatoms. The molecule has 3 aromatic heterocycles. The number of fused-ring (bicyclic) bond motifs is 7. The SMILES string of the molecule is c1ccc(-c2ccc(N(c3ccc4c(c3)oc3ccccc34)c3ccc4c5c(-c6nc7ccccc7o6)cccc5n(-c5ccccc5)c4c3)cc2)cc1. The van der Waals surface area contributed by atoms with E-state index in [0.717, 1.165) is 83.2 Å². The first-order chi connectivity index (χ1) is 26.8. The Bertz CT molecular complexity index is 3120. The Morgan fingerprint density at radius 2 is 1.07 bits per heavy atom. The fraction of sp³-hybridized carbons (Fsp3) is 0. The van der Waals surface area contributed by atoms with Crippen molar-refractivity contribution < 1.29 is 8.83 Å². The molecule has 8 aromatic carbocycles. The second-order valence-electron chi connectivity index (χ2n) is 13.6. The Morgan fingerprint density at radius 3 is 1.89 bits per heavy atom. The minimum absolute atomic E-state index is 0.609. The number of para-hydroxylation sites is 4. The molecule has 0 fully saturated rings. The molecule has 0 aliphatic rings. The number of hydrogen-bond donors (Lipinski definition) is 0. The molecule has 0 aliphatic carbocycles. The number of anilines is 3. The van der Waals surface area contributed by atoms with Crippen LogP contribution in [0.5, 0.6) is 0 Å². The minimum atomic E-state index is 0.609. The summed E-state index contributed by atoms with van der Waals surface area (Å²) in [6.07, 6.45) is 0. The summed E-state index contributed by atoms with van der Waals surface area (Å²) in [7, 11) is 0. The van der Waals surface area contributed by atoms with E-state index in [9.17, 15) is 0 Å². The summed E-state index contributed by atoms with van der Waals surface area (Å²) < 4.78 is 15.1. The van der Waals surface area contributed by atoms with Gasteiger partial charge in [0, 0.05) is 55.9 Å². The van der Waals surface area contributed by atoms with Gasteiger partial charge in [0.05, 0.1) is 11.0 Å². The van der Waals surface area contributed by atoms with Crippen molar-refractivity contribution in [3.05, 3.63) is 188 Å². The van der Waals surface area contributed by atoms with Crippen molar-refractivity contribution in [3.8, 4) is 28.3 Å². The van der Waals surface area contributed by atoms with Crippen LogP contribution in [0, 0.1) is 0 Å². The lowest BCUT2D eigenvalue weighted by Gasteiger charge is -2.26. The Kier molecular flexibility index (Phi) is 6.79. The first-order valence-electron chi connectivity index (χ1n) is 18.1. The number of nitrogens with zero attached hydrogens (tertiary/aromatic N) is 3. The quantitative estimate of drug-likeness (QED) is 0.174. The largest absolute Gasteiger partial charge is 0.456 e. The van der Waals surface area contributed by atoms with E-state index in [1.807, 2.05) is 36.4 Å². The summed E-state index contributed by atoms with van der Waals surface area (Å²) in [6, 6.07) is 65.7. The van der Waals surface area contributed by atoms with Gasteiger partial charge in [-0.2, -0.15) is 0 Å². The third kappa shape index (κ3) is 4.83. The van der Waals surface area contributed by atoms with Gasteiger partial charge in [0.1, 0.15) is 16.7 Å². The van der Waals surface area contributed by atoms with Crippen LogP contribution in [0.25, 0.3) is 83.1 Å². The standard InChI is InChI=1S/C49H31N3O2/c1-3-12-32(13-4-1)33-22-24-35(25-23-33)51(37-26-28-39-38-16-7-9-20-45(38)53-47(39)31-37)36-27-29-40-44(30-36)52(34-14-5-2-6-15-34)43-19-11-17-41(48(40)43)49-50-42-18-8-10-21-46(42)54-49/h1-31H. The molecule has 0 bridgehead atoms. The maximum atomic E-state index is 6.41. The molecule has 0 aliphatic heterocycles. The lowest BCUT2D eigenvalue weighted by atomic mass is 10.0. The summed E-state index contributed by atoms with van der Waals surface area (Å²) in [5, 5.41) is 4.42. The topological polar surface area (TPSA) is 47.3 Å². The molecule has 11 rings (SSSR count). The molecule has 0 unspecified atom stereocenters. The van der Waals surface area contributed by atoms with Crippen molar-refractivity contribution in [2.75, 3.05) is 4.90 Å². The van der Waals surface area contributed by atoms with Crippen LogP contribution in [-0.4, -0.2) is 9.55 Å². The first-order valence-corrected chi connectivity index (χ1v) is 18.1. The summed E-state index contributed by atoms with van der Waals surface area (Å²) >= 11 is 0. The highest BCUT2D eigenvalue weighted by molar-refractivity contribution is 6.16. The number of furan rings is 1. The van der Waals surface area contributed by atoms with Gasteiger partial charge in [-0.15, -0.1) is 0 Å². The second kappa shape index (κ2) is 12.1. The average Bonchev–Trinajstić information content (AvgIpc) is 3.93. The lowest BCUT2D eigenvalue weighted by molar-refractivity contribution is 0.620. The predicted molar refractivity (Wildman–Crippen MR) is 221 cm³/mol. The monoisotopic (exact) mass is 693 g/mol. The number of oxazole rings is 1. The van der Waals surface area contributed by atoms with Crippen molar-refractivity contribution in [3.63, 3.8) is 0 Å². The van der Waals surface area contributed by atoms with Gasteiger partial charge in [-0.25, -0.2) is 4.98 Å². The number of hydrogen-bond acceptors (Lipinski definition) is 4. The van der Waals surface area contributed by atoms with Gasteiger partial charge < -0.3 is 18.3 Å². The Morgan fingerprint density at radius 1 is 0.426 bits per heavy atom. The third-order valence-electron chi connectivity index (χ3n) is 10.4. The van der Waals surface area contributed by atoms with Gasteiger partial charge in [-0.1, -0.05) is 103 Å². The molecule has 0 amide bonds. The van der Waals surface area contributed by atoms with Gasteiger partial charge >= 0.3 is 0 Å². The lowest BCUT2D eigenvalue weighted by Crippen LogP contribution is -2.10. The van der Waals surface area contributed by atoms with Crippen LogP contribution in [-0.2, 0) is 0 Å². The molecule has 3 heterocycles. The van der Waals surface area contributed by atoms with Crippen LogP contribution in [0.15, 0.2) is 197 Å². The van der Waals surface area contributed by atoms with Crippen molar-refractivity contribution >= 4 is 71.9 Å². The van der Waals surface area contributed by atoms with Crippen LogP contribution in [0.1, 0.15) is 0 Å². The van der Waals surface area contributed by atoms with Crippen molar-refractivity contribution in [1.82, 2.24) is 9.55 Å². The molecule has 254 valence electrons. The van der Waals surface area contributed by atoms with Gasteiger partial charge in [-0.3, -0.25) is 0 Å². The molecular weight excluding hydrogens is 663 g/mol. The van der Waals surface area contributed by atoms with E-state index in [-0.39, 0.29) is 0 Å². The van der Waals surface area contributed by atoms with Crippen LogP contribution in [0.4, 0.5) is 17.1 Å². The Hall–Kier alpha value is -7.37. The average molecular weight is 694 g/mol. The molecule has 0 saturated carbocycles. The van der Waals surface area contributed by atoms with E-state index >= 15 is 0 Å². The van der Waals surface area contributed by atoms with Crippen LogP contribution < -0.4 is 4.90 Å². The second-order valence-corrected chi connectivity index (χ2v) is 13.6. The Labute approximate surface area is 310 Å². The van der Waals surface area contributed by atoms with Crippen molar-refractivity contribution in [2.24, 2.45) is 0 Å². The molecular formula is C49H31N3O2. The number of aromatic nitrogens is 2. The summed E-state index contributed by atoms with van der Waals surface area (Å²) in [5.74, 6) is 0.609. The van der Waals surface area contributed by atoms with Gasteiger partial charge in [0.2, 0.25) is 5.89 Å². The molecule has 0 N–H and O–H groups in total. The minimum Gasteiger partial charge on any atom is -0.456 e. The van der Waals surface area contributed by atoms with Gasteiger partial charge in [0.15, 0.2) is 5.58 Å². The fourth-order valence-corrected chi connectivity index (χ4v) is 7.95. The molecule has 0 radical (unpaired) electrons. The molecule has 5 nitrogen and oxygen atoms in total. The van der Waals surface area contributed by atoms with E-state index in [1.165, 1.54) is 11.1 Å². The third-order valence-corrected chi connectivity index (χ3v) is 10.4. The van der Waals surface area contributed by atoms with E-state index < -0.39 is 0 Å². The summed E-state index contributed by atoms with van der Waals surface area (Å²) in [6.45, 7) is 0. The van der Waals surface area contributed by atoms with Crippen molar-refractivity contribution in [1.29, 1.82) is 0 Å². The smallest absolute Gasteiger partial charge is 0.228 e. The highest BCUT2D eigenvalue weighted by Gasteiger charge is 2.22. The molecule has 0 saturated heterocycles. The van der Waals surface area contributed by atoms with Crippen LogP contribution in [0.2, 0.25) is 0 Å². The highest BCUT2D eigenvalue weighted by atomic mass is 16.3. The summed E-state index contributed by atoms with van der Waals surface area (Å²) in [5.41, 5.74) is 12.9. The zero-order valence-electron chi connectivity index (χ0n) is 29.1. The highest BCUT2D eigenvalue weighted by Crippen LogP contribution is 2.44. The molecule has 0 spiro atoms. The fourth-order valence-electron chi connectivity index (χ4n) is 7.95. The molecule has 11 aromatic rings. The van der Waals surface area contributed by atoms with Gasteiger partial charge in [-0.05, 0) is 90.0 Å². The maximum Gasteiger partial charge on any atom is 0.228 e. The van der Waals surface area contributed by atoms with Crippen LogP contribution >= 0.6 is 0 Å². The molecule has 54 heavy (non-hydrogen) atoms. The predicted octanol–water partition coefficient (Wildman–Crippen LogP) is 13.6.